The number of alkyl halides is 1. The van der Waals surface area contributed by atoms with Gasteiger partial charge in [0.2, 0.25) is 0 Å². The first-order valence-corrected chi connectivity index (χ1v) is 6.93. The highest BCUT2D eigenvalue weighted by molar-refractivity contribution is 9.08. The van der Waals surface area contributed by atoms with Crippen LogP contribution in [0, 0.1) is 0 Å². The Kier molecular flexibility index (Phi) is 3.78. The average Bonchev–Trinajstić information content (AvgIpc) is 2.63. The standard InChI is InChI=1S/C12H13BrOS/c1-2-14-8-12-10(7-13)9-5-3-4-6-11(9)15-12/h3-6H,2,7-8H2,1H3. The second kappa shape index (κ2) is 5.10. The van der Waals surface area contributed by atoms with Crippen LogP contribution in [0.3, 0.4) is 0 Å². The van der Waals surface area contributed by atoms with Crippen molar-refractivity contribution in [2.24, 2.45) is 0 Å². The molecule has 0 unspecified atom stereocenters. The van der Waals surface area contributed by atoms with Crippen LogP contribution in [0.25, 0.3) is 10.1 Å². The van der Waals surface area contributed by atoms with Gasteiger partial charge in [-0.15, -0.1) is 11.3 Å². The summed E-state index contributed by atoms with van der Waals surface area (Å²) in [7, 11) is 0. The Balaban J connectivity index is 2.44. The van der Waals surface area contributed by atoms with Crippen LogP contribution in [-0.4, -0.2) is 6.61 Å². The molecule has 2 rings (SSSR count). The van der Waals surface area contributed by atoms with Crippen LogP contribution in [0.1, 0.15) is 17.4 Å². The molecule has 0 radical (unpaired) electrons. The number of ether oxygens (including phenoxy) is 1. The Hall–Kier alpha value is -0.380. The summed E-state index contributed by atoms with van der Waals surface area (Å²) in [6, 6.07) is 8.52. The highest BCUT2D eigenvalue weighted by Crippen LogP contribution is 2.33. The third-order valence-electron chi connectivity index (χ3n) is 2.35. The van der Waals surface area contributed by atoms with Crippen molar-refractivity contribution in [2.75, 3.05) is 6.61 Å². The molecule has 0 aliphatic rings. The lowest BCUT2D eigenvalue weighted by molar-refractivity contribution is 0.136. The second-order valence-electron chi connectivity index (χ2n) is 3.27. The van der Waals surface area contributed by atoms with Gasteiger partial charge in [-0.05, 0) is 23.9 Å². The van der Waals surface area contributed by atoms with E-state index in [0.29, 0.717) is 0 Å². The number of thiophene rings is 1. The van der Waals surface area contributed by atoms with Gasteiger partial charge in [0, 0.05) is 21.5 Å². The molecule has 3 heteroatoms. The maximum Gasteiger partial charge on any atom is 0.0812 e. The van der Waals surface area contributed by atoms with Crippen molar-refractivity contribution < 1.29 is 4.74 Å². The SMILES string of the molecule is CCOCc1sc2ccccc2c1CBr. The van der Waals surface area contributed by atoms with Crippen LogP contribution >= 0.6 is 27.3 Å². The number of benzene rings is 1. The minimum absolute atomic E-state index is 0.733. The summed E-state index contributed by atoms with van der Waals surface area (Å²) >= 11 is 5.39. The second-order valence-corrected chi connectivity index (χ2v) is 4.97. The Labute approximate surface area is 102 Å². The average molecular weight is 285 g/mol. The summed E-state index contributed by atoms with van der Waals surface area (Å²) < 4.78 is 6.83. The normalized spacial score (nSPS) is 11.1. The van der Waals surface area contributed by atoms with Crippen molar-refractivity contribution in [1.82, 2.24) is 0 Å². The minimum atomic E-state index is 0.733. The lowest BCUT2D eigenvalue weighted by atomic mass is 10.1. The van der Waals surface area contributed by atoms with Gasteiger partial charge >= 0.3 is 0 Å². The molecule has 2 aromatic rings. The molecule has 1 nitrogen and oxygen atoms in total. The first-order valence-electron chi connectivity index (χ1n) is 4.99. The predicted molar refractivity (Wildman–Crippen MR) is 69.8 cm³/mol. The molecule has 0 saturated heterocycles. The highest BCUT2D eigenvalue weighted by atomic mass is 79.9. The molecule has 0 spiro atoms. The zero-order chi connectivity index (χ0) is 10.7. The third kappa shape index (κ3) is 2.25. The minimum Gasteiger partial charge on any atom is -0.376 e. The molecular weight excluding hydrogens is 272 g/mol. The fourth-order valence-electron chi connectivity index (χ4n) is 1.61. The van der Waals surface area contributed by atoms with E-state index >= 15 is 0 Å². The quantitative estimate of drug-likeness (QED) is 0.760. The van der Waals surface area contributed by atoms with E-state index in [1.165, 1.54) is 20.5 Å². The molecule has 1 aromatic heterocycles. The highest BCUT2D eigenvalue weighted by Gasteiger charge is 2.10. The summed E-state index contributed by atoms with van der Waals surface area (Å²) in [4.78, 5) is 1.34. The Morgan fingerprint density at radius 2 is 2.13 bits per heavy atom. The van der Waals surface area contributed by atoms with Gasteiger partial charge in [0.25, 0.3) is 0 Å². The Bertz CT molecular complexity index is 450. The largest absolute Gasteiger partial charge is 0.376 e. The number of halogens is 1. The van der Waals surface area contributed by atoms with Crippen molar-refractivity contribution in [1.29, 1.82) is 0 Å². The van der Waals surface area contributed by atoms with E-state index in [9.17, 15) is 0 Å². The molecule has 1 heterocycles. The fraction of sp³-hybridized carbons (Fsp3) is 0.333. The van der Waals surface area contributed by atoms with Gasteiger partial charge in [-0.25, -0.2) is 0 Å². The molecule has 80 valence electrons. The number of rotatable bonds is 4. The van der Waals surface area contributed by atoms with Gasteiger partial charge in [-0.3, -0.25) is 0 Å². The van der Waals surface area contributed by atoms with Crippen molar-refractivity contribution >= 4 is 37.4 Å². The number of hydrogen-bond donors (Lipinski definition) is 0. The molecule has 0 fully saturated rings. The fourth-order valence-corrected chi connectivity index (χ4v) is 3.59. The first-order chi connectivity index (χ1) is 7.36. The van der Waals surface area contributed by atoms with Crippen LogP contribution in [0.15, 0.2) is 24.3 Å². The van der Waals surface area contributed by atoms with Crippen molar-refractivity contribution in [3.05, 3.63) is 34.7 Å². The lowest BCUT2D eigenvalue weighted by Gasteiger charge is -2.00. The van der Waals surface area contributed by atoms with Crippen LogP contribution in [0.4, 0.5) is 0 Å². The van der Waals surface area contributed by atoms with E-state index in [2.05, 4.69) is 40.2 Å². The van der Waals surface area contributed by atoms with Crippen LogP contribution in [0.2, 0.25) is 0 Å². The molecule has 0 atom stereocenters. The molecule has 0 N–H and O–H groups in total. The molecular formula is C12H13BrOS. The van der Waals surface area contributed by atoms with E-state index in [4.69, 9.17) is 4.74 Å². The summed E-state index contributed by atoms with van der Waals surface area (Å²) in [5.74, 6) is 0. The summed E-state index contributed by atoms with van der Waals surface area (Å²) in [5.41, 5.74) is 1.38. The van der Waals surface area contributed by atoms with Gasteiger partial charge in [0.15, 0.2) is 0 Å². The zero-order valence-corrected chi connectivity index (χ0v) is 11.0. The van der Waals surface area contributed by atoms with E-state index in [0.717, 1.165) is 18.5 Å². The van der Waals surface area contributed by atoms with E-state index < -0.39 is 0 Å². The maximum absolute atomic E-state index is 5.48. The zero-order valence-electron chi connectivity index (χ0n) is 8.63. The number of fused-ring (bicyclic) bond motifs is 1. The Morgan fingerprint density at radius 1 is 1.33 bits per heavy atom. The molecule has 15 heavy (non-hydrogen) atoms. The van der Waals surface area contributed by atoms with Crippen LogP contribution in [0.5, 0.6) is 0 Å². The van der Waals surface area contributed by atoms with Gasteiger partial charge in [0.1, 0.15) is 0 Å². The Morgan fingerprint density at radius 3 is 2.87 bits per heavy atom. The van der Waals surface area contributed by atoms with Crippen molar-refractivity contribution in [2.45, 2.75) is 18.9 Å². The van der Waals surface area contributed by atoms with Gasteiger partial charge in [0.05, 0.1) is 6.61 Å². The van der Waals surface area contributed by atoms with Gasteiger partial charge in [-0.1, -0.05) is 34.1 Å². The lowest BCUT2D eigenvalue weighted by Crippen LogP contribution is -1.91. The molecule has 0 amide bonds. The van der Waals surface area contributed by atoms with Crippen LogP contribution < -0.4 is 0 Å². The predicted octanol–water partition coefficient (Wildman–Crippen LogP) is 4.33. The third-order valence-corrected chi connectivity index (χ3v) is 4.10. The van der Waals surface area contributed by atoms with Crippen molar-refractivity contribution in [3.63, 3.8) is 0 Å². The maximum atomic E-state index is 5.48. The monoisotopic (exact) mass is 284 g/mol. The summed E-state index contributed by atoms with van der Waals surface area (Å²) in [6.07, 6.45) is 0. The molecule has 1 aromatic carbocycles. The molecule has 0 aliphatic carbocycles. The van der Waals surface area contributed by atoms with Crippen molar-refractivity contribution in [3.8, 4) is 0 Å². The van der Waals surface area contributed by atoms with E-state index in [1.807, 2.05) is 18.3 Å². The number of hydrogen-bond acceptors (Lipinski definition) is 2. The van der Waals surface area contributed by atoms with E-state index in [-0.39, 0.29) is 0 Å². The van der Waals surface area contributed by atoms with Crippen LogP contribution in [-0.2, 0) is 16.7 Å². The molecule has 0 saturated carbocycles. The first kappa shape index (κ1) is 11.1. The molecule has 0 bridgehead atoms. The summed E-state index contributed by atoms with van der Waals surface area (Å²) in [5, 5.41) is 2.26. The molecule has 0 aliphatic heterocycles. The smallest absolute Gasteiger partial charge is 0.0812 e. The van der Waals surface area contributed by atoms with Gasteiger partial charge < -0.3 is 4.74 Å². The topological polar surface area (TPSA) is 9.23 Å². The van der Waals surface area contributed by atoms with Gasteiger partial charge in [-0.2, -0.15) is 0 Å². The van der Waals surface area contributed by atoms with E-state index in [1.54, 1.807) is 0 Å². The summed E-state index contributed by atoms with van der Waals surface area (Å²) in [6.45, 7) is 3.54.